The number of hydrogen-bond acceptors (Lipinski definition) is 3. The highest BCUT2D eigenvalue weighted by Gasteiger charge is 2.17. The van der Waals surface area contributed by atoms with Crippen LogP contribution in [0.1, 0.15) is 47.7 Å². The highest BCUT2D eigenvalue weighted by Crippen LogP contribution is 2.28. The topological polar surface area (TPSA) is 89.3 Å². The second-order valence-electron chi connectivity index (χ2n) is 7.47. The maximum atomic E-state index is 12.9. The van der Waals surface area contributed by atoms with Crippen molar-refractivity contribution in [1.29, 1.82) is 0 Å². The minimum absolute atomic E-state index is 0.0691. The molecule has 0 aliphatic rings. The van der Waals surface area contributed by atoms with Crippen LogP contribution in [-0.2, 0) is 10.0 Å². The number of amides is 1. The Morgan fingerprint density at radius 1 is 1.03 bits per heavy atom. The summed E-state index contributed by atoms with van der Waals surface area (Å²) in [6.07, 6.45) is 0.946. The Hall–Kier alpha value is -2.96. The van der Waals surface area contributed by atoms with Gasteiger partial charge >= 0.3 is 0 Å². The van der Waals surface area contributed by atoms with Gasteiger partial charge in [-0.15, -0.1) is 0 Å². The van der Waals surface area contributed by atoms with Gasteiger partial charge in [-0.1, -0.05) is 61.9 Å². The van der Waals surface area contributed by atoms with Crippen molar-refractivity contribution in [2.24, 2.45) is 5.14 Å². The molecule has 3 aromatic rings. The molecule has 1 atom stereocenters. The smallest absolute Gasteiger partial charge is 0.255 e. The van der Waals surface area contributed by atoms with E-state index in [1.807, 2.05) is 19.1 Å². The van der Waals surface area contributed by atoms with E-state index < -0.39 is 10.0 Å². The summed E-state index contributed by atoms with van der Waals surface area (Å²) in [6, 6.07) is 19.5. The molecule has 5 nitrogen and oxygen atoms in total. The van der Waals surface area contributed by atoms with E-state index >= 15 is 0 Å². The molecule has 0 spiro atoms. The number of anilines is 1. The van der Waals surface area contributed by atoms with Crippen molar-refractivity contribution in [1.82, 2.24) is 0 Å². The maximum absolute atomic E-state index is 12.9. The van der Waals surface area contributed by atoms with Gasteiger partial charge in [-0.25, -0.2) is 13.6 Å². The van der Waals surface area contributed by atoms with Crippen LogP contribution >= 0.6 is 0 Å². The van der Waals surface area contributed by atoms with Crippen LogP contribution in [0.2, 0.25) is 0 Å². The van der Waals surface area contributed by atoms with Crippen LogP contribution in [-0.4, -0.2) is 14.3 Å². The molecular weight excluding hydrogens is 396 g/mol. The monoisotopic (exact) mass is 422 g/mol. The van der Waals surface area contributed by atoms with E-state index in [2.05, 4.69) is 25.2 Å². The number of sulfonamides is 1. The van der Waals surface area contributed by atoms with Gasteiger partial charge in [0, 0.05) is 16.8 Å². The van der Waals surface area contributed by atoms with Crippen molar-refractivity contribution < 1.29 is 13.2 Å². The van der Waals surface area contributed by atoms with Gasteiger partial charge in [0.25, 0.3) is 5.91 Å². The summed E-state index contributed by atoms with van der Waals surface area (Å²) in [5.41, 5.74) is 4.68. The summed E-state index contributed by atoms with van der Waals surface area (Å²) >= 11 is 0. The van der Waals surface area contributed by atoms with Gasteiger partial charge in [0.1, 0.15) is 0 Å². The molecule has 0 saturated heterocycles. The third kappa shape index (κ3) is 4.78. The molecule has 3 aromatic carbocycles. The lowest BCUT2D eigenvalue weighted by molar-refractivity contribution is 0.102. The first-order chi connectivity index (χ1) is 14.2. The van der Waals surface area contributed by atoms with Crippen molar-refractivity contribution in [2.75, 3.05) is 5.32 Å². The summed E-state index contributed by atoms with van der Waals surface area (Å²) in [5, 5.41) is 8.27. The number of benzene rings is 3. The zero-order chi connectivity index (χ0) is 21.9. The Morgan fingerprint density at radius 3 is 2.33 bits per heavy atom. The maximum Gasteiger partial charge on any atom is 0.255 e. The Kier molecular flexibility index (Phi) is 6.39. The zero-order valence-electron chi connectivity index (χ0n) is 17.3. The molecular formula is C24H26N2O3S. The second-order valence-corrected chi connectivity index (χ2v) is 9.00. The van der Waals surface area contributed by atoms with E-state index in [4.69, 9.17) is 5.14 Å². The zero-order valence-corrected chi connectivity index (χ0v) is 18.2. The Morgan fingerprint density at radius 2 is 1.70 bits per heavy atom. The lowest BCUT2D eigenvalue weighted by Crippen LogP contribution is -2.15. The van der Waals surface area contributed by atoms with E-state index in [0.717, 1.165) is 17.5 Å². The molecule has 0 heterocycles. The lowest BCUT2D eigenvalue weighted by atomic mass is 9.92. The van der Waals surface area contributed by atoms with E-state index in [1.165, 1.54) is 6.07 Å². The predicted molar refractivity (Wildman–Crippen MR) is 121 cm³/mol. The normalized spacial score (nSPS) is 12.4. The third-order valence-corrected chi connectivity index (χ3v) is 6.21. The first kappa shape index (κ1) is 21.7. The van der Waals surface area contributed by atoms with Crippen molar-refractivity contribution in [3.05, 3.63) is 83.4 Å². The molecule has 0 aromatic heterocycles. The molecule has 1 unspecified atom stereocenters. The number of carbonyl (C=O) groups is 1. The molecule has 0 bridgehead atoms. The number of nitrogens with one attached hydrogen (secondary N) is 1. The third-order valence-electron chi connectivity index (χ3n) is 5.24. The second kappa shape index (κ2) is 8.81. The fourth-order valence-corrected chi connectivity index (χ4v) is 4.16. The van der Waals surface area contributed by atoms with Crippen molar-refractivity contribution in [3.8, 4) is 11.1 Å². The number of nitrogens with two attached hydrogens (primary N) is 1. The Bertz CT molecular complexity index is 1170. The van der Waals surface area contributed by atoms with Gasteiger partial charge in [0.15, 0.2) is 0 Å². The van der Waals surface area contributed by atoms with Crippen LogP contribution in [0.4, 0.5) is 5.69 Å². The van der Waals surface area contributed by atoms with Crippen LogP contribution in [0.5, 0.6) is 0 Å². The minimum atomic E-state index is -3.84. The van der Waals surface area contributed by atoms with Crippen LogP contribution in [0.3, 0.4) is 0 Å². The summed E-state index contributed by atoms with van der Waals surface area (Å²) in [5.74, 6) is 0.116. The molecule has 0 aliphatic heterocycles. The standard InChI is InChI=1S/C24H26N2O3S/c1-4-17(3)22-15-16(2)9-14-21(22)24(27)26-19-12-10-18(11-13-19)20-7-5-6-8-23(20)30(25,28)29/h5-15,17H,4H2,1-3H3,(H,26,27)(H2,25,28,29). The van der Waals surface area contributed by atoms with E-state index in [9.17, 15) is 13.2 Å². The molecule has 1 amide bonds. The summed E-state index contributed by atoms with van der Waals surface area (Å²) in [4.78, 5) is 13.0. The van der Waals surface area contributed by atoms with Crippen LogP contribution in [0, 0.1) is 6.92 Å². The summed E-state index contributed by atoms with van der Waals surface area (Å²) < 4.78 is 23.7. The van der Waals surface area contributed by atoms with Gasteiger partial charge < -0.3 is 5.32 Å². The molecule has 3 N–H and O–H groups in total. The van der Waals surface area contributed by atoms with Gasteiger partial charge in [-0.3, -0.25) is 4.79 Å². The molecule has 0 fully saturated rings. The van der Waals surface area contributed by atoms with Gasteiger partial charge in [0.05, 0.1) is 4.90 Å². The highest BCUT2D eigenvalue weighted by atomic mass is 32.2. The highest BCUT2D eigenvalue weighted by molar-refractivity contribution is 7.89. The van der Waals surface area contributed by atoms with E-state index in [-0.39, 0.29) is 16.7 Å². The molecule has 0 saturated carbocycles. The van der Waals surface area contributed by atoms with Crippen LogP contribution in [0.15, 0.2) is 71.6 Å². The average Bonchev–Trinajstić information content (AvgIpc) is 2.73. The molecule has 6 heteroatoms. The molecule has 0 aliphatic carbocycles. The summed E-state index contributed by atoms with van der Waals surface area (Å²) in [7, 11) is -3.84. The SMILES string of the molecule is CCC(C)c1cc(C)ccc1C(=O)Nc1ccc(-c2ccccc2S(N)(=O)=O)cc1. The predicted octanol–water partition coefficient (Wildman–Crippen LogP) is 5.08. The Labute approximate surface area is 178 Å². The summed E-state index contributed by atoms with van der Waals surface area (Å²) in [6.45, 7) is 6.24. The molecule has 0 radical (unpaired) electrons. The first-order valence-corrected chi connectivity index (χ1v) is 11.4. The van der Waals surface area contributed by atoms with Crippen molar-refractivity contribution >= 4 is 21.6 Å². The van der Waals surface area contributed by atoms with Gasteiger partial charge in [-0.2, -0.15) is 0 Å². The fraction of sp³-hybridized carbons (Fsp3) is 0.208. The average molecular weight is 423 g/mol. The Balaban J connectivity index is 1.87. The number of aryl methyl sites for hydroxylation is 1. The number of rotatable bonds is 6. The van der Waals surface area contributed by atoms with Gasteiger partial charge in [0.2, 0.25) is 10.0 Å². The molecule has 30 heavy (non-hydrogen) atoms. The van der Waals surface area contributed by atoms with E-state index in [0.29, 0.717) is 22.4 Å². The largest absolute Gasteiger partial charge is 0.322 e. The van der Waals surface area contributed by atoms with E-state index in [1.54, 1.807) is 42.5 Å². The number of carbonyl (C=O) groups excluding carboxylic acids is 1. The molecule has 156 valence electrons. The van der Waals surface area contributed by atoms with Crippen molar-refractivity contribution in [2.45, 2.75) is 38.0 Å². The van der Waals surface area contributed by atoms with Crippen LogP contribution < -0.4 is 10.5 Å². The molecule has 3 rings (SSSR count). The lowest BCUT2D eigenvalue weighted by Gasteiger charge is -2.16. The number of hydrogen-bond donors (Lipinski definition) is 2. The van der Waals surface area contributed by atoms with Crippen LogP contribution in [0.25, 0.3) is 11.1 Å². The van der Waals surface area contributed by atoms with Crippen molar-refractivity contribution in [3.63, 3.8) is 0 Å². The minimum Gasteiger partial charge on any atom is -0.322 e. The quantitative estimate of drug-likeness (QED) is 0.581. The fourth-order valence-electron chi connectivity index (χ4n) is 3.40. The number of primary sulfonamides is 1. The first-order valence-electron chi connectivity index (χ1n) is 9.85. The van der Waals surface area contributed by atoms with Gasteiger partial charge in [-0.05, 0) is 54.7 Å².